The zero-order valence-corrected chi connectivity index (χ0v) is 13.7. The third kappa shape index (κ3) is 2.03. The summed E-state index contributed by atoms with van der Waals surface area (Å²) in [4.78, 5) is 12.4. The molecule has 2 nitrogen and oxygen atoms in total. The Balaban J connectivity index is 2.09. The summed E-state index contributed by atoms with van der Waals surface area (Å²) in [5.74, 6) is 0.371. The molecule has 0 bridgehead atoms. The zero-order chi connectivity index (χ0) is 15.3. The van der Waals surface area contributed by atoms with Gasteiger partial charge in [-0.2, -0.15) is 0 Å². The van der Waals surface area contributed by atoms with Crippen LogP contribution in [-0.4, -0.2) is 13.1 Å². The first kappa shape index (κ1) is 14.6. The van der Waals surface area contributed by atoms with Crippen LogP contribution in [0, 0.1) is 18.3 Å². The molecule has 0 heterocycles. The van der Waals surface area contributed by atoms with Crippen LogP contribution in [0.15, 0.2) is 18.2 Å². The van der Waals surface area contributed by atoms with E-state index in [1.807, 2.05) is 0 Å². The van der Waals surface area contributed by atoms with Crippen LogP contribution in [0.5, 0.6) is 0 Å². The smallest absolute Gasteiger partial charge is 0.311 e. The maximum absolute atomic E-state index is 12.4. The van der Waals surface area contributed by atoms with Crippen LogP contribution in [0.3, 0.4) is 0 Å². The second-order valence-electron chi connectivity index (χ2n) is 7.43. The molecule has 0 N–H and O–H groups in total. The number of fused-ring (bicyclic) bond motifs is 3. The van der Waals surface area contributed by atoms with E-state index in [1.54, 1.807) is 0 Å². The van der Waals surface area contributed by atoms with Gasteiger partial charge in [-0.1, -0.05) is 37.1 Å². The molecule has 3 atom stereocenters. The van der Waals surface area contributed by atoms with Crippen molar-refractivity contribution in [2.75, 3.05) is 7.11 Å². The van der Waals surface area contributed by atoms with Crippen molar-refractivity contribution in [2.24, 2.45) is 11.3 Å². The van der Waals surface area contributed by atoms with Gasteiger partial charge >= 0.3 is 5.97 Å². The molecule has 2 heteroatoms. The minimum Gasteiger partial charge on any atom is -0.469 e. The van der Waals surface area contributed by atoms with Crippen LogP contribution in [0.4, 0.5) is 0 Å². The third-order valence-corrected chi connectivity index (χ3v) is 6.16. The lowest BCUT2D eigenvalue weighted by atomic mass is 9.50. The van der Waals surface area contributed by atoms with Crippen molar-refractivity contribution in [1.82, 2.24) is 0 Å². The Hall–Kier alpha value is -1.31. The summed E-state index contributed by atoms with van der Waals surface area (Å²) in [5.41, 5.74) is 4.08. The molecule has 0 unspecified atom stereocenters. The Kier molecular flexibility index (Phi) is 3.38. The van der Waals surface area contributed by atoms with E-state index in [-0.39, 0.29) is 16.8 Å². The molecule has 1 aromatic carbocycles. The number of aryl methyl sites for hydroxylation is 2. The van der Waals surface area contributed by atoms with Gasteiger partial charge in [0.15, 0.2) is 0 Å². The van der Waals surface area contributed by atoms with Crippen LogP contribution in [0.1, 0.15) is 56.2 Å². The van der Waals surface area contributed by atoms with Crippen LogP contribution < -0.4 is 0 Å². The lowest BCUT2D eigenvalue weighted by molar-refractivity contribution is -0.161. The molecule has 1 aromatic rings. The van der Waals surface area contributed by atoms with Gasteiger partial charge < -0.3 is 4.74 Å². The van der Waals surface area contributed by atoms with Crippen molar-refractivity contribution in [3.63, 3.8) is 0 Å². The number of carbonyl (C=O) groups excluding carboxylic acids is 1. The highest BCUT2D eigenvalue weighted by Gasteiger charge is 2.55. The molecular weight excluding hydrogens is 260 g/mol. The van der Waals surface area contributed by atoms with Crippen LogP contribution in [-0.2, 0) is 21.4 Å². The van der Waals surface area contributed by atoms with Gasteiger partial charge in [-0.25, -0.2) is 0 Å². The van der Waals surface area contributed by atoms with Crippen molar-refractivity contribution >= 4 is 5.97 Å². The molecule has 0 saturated heterocycles. The summed E-state index contributed by atoms with van der Waals surface area (Å²) in [7, 11) is 1.53. The monoisotopic (exact) mass is 286 g/mol. The van der Waals surface area contributed by atoms with Crippen molar-refractivity contribution < 1.29 is 9.53 Å². The van der Waals surface area contributed by atoms with E-state index in [0.29, 0.717) is 5.92 Å². The van der Waals surface area contributed by atoms with Gasteiger partial charge in [-0.15, -0.1) is 0 Å². The van der Waals surface area contributed by atoms with Crippen LogP contribution in [0.2, 0.25) is 0 Å². The number of hydrogen-bond donors (Lipinski definition) is 0. The number of carbonyl (C=O) groups is 1. The fourth-order valence-electron chi connectivity index (χ4n) is 5.10. The molecule has 0 aliphatic heterocycles. The first-order valence-electron chi connectivity index (χ1n) is 8.10. The van der Waals surface area contributed by atoms with E-state index in [4.69, 9.17) is 4.74 Å². The molecule has 0 spiro atoms. The number of esters is 1. The molecule has 0 amide bonds. The average Bonchev–Trinajstić information content (AvgIpc) is 2.45. The van der Waals surface area contributed by atoms with E-state index >= 15 is 0 Å². The summed E-state index contributed by atoms with van der Waals surface area (Å²) in [5, 5.41) is 0. The molecule has 0 aromatic heterocycles. The van der Waals surface area contributed by atoms with Crippen LogP contribution >= 0.6 is 0 Å². The van der Waals surface area contributed by atoms with Gasteiger partial charge in [0.25, 0.3) is 0 Å². The standard InChI is InChI=1S/C19H26O2/c1-13-6-8-15-14(12-13)7-9-16-18(15,2)10-5-11-19(16,3)17(20)21-4/h6,8,12,16H,5,7,9-11H2,1-4H3/t16-,18-,19-/m1/s1. The highest BCUT2D eigenvalue weighted by atomic mass is 16.5. The van der Waals surface area contributed by atoms with Gasteiger partial charge in [-0.05, 0) is 62.0 Å². The minimum absolute atomic E-state index is 0.0195. The largest absolute Gasteiger partial charge is 0.469 e. The molecule has 0 radical (unpaired) electrons. The van der Waals surface area contributed by atoms with Gasteiger partial charge in [0.1, 0.15) is 0 Å². The topological polar surface area (TPSA) is 26.3 Å². The third-order valence-electron chi connectivity index (χ3n) is 6.16. The lowest BCUT2D eigenvalue weighted by Crippen LogP contribution is -2.52. The summed E-state index contributed by atoms with van der Waals surface area (Å²) < 4.78 is 5.15. The highest BCUT2D eigenvalue weighted by Crippen LogP contribution is 2.57. The molecule has 114 valence electrons. The van der Waals surface area contributed by atoms with E-state index < -0.39 is 0 Å². The normalized spacial score (nSPS) is 34.8. The minimum atomic E-state index is -0.329. The summed E-state index contributed by atoms with van der Waals surface area (Å²) >= 11 is 0. The Labute approximate surface area is 127 Å². The molecule has 1 saturated carbocycles. The van der Waals surface area contributed by atoms with Crippen molar-refractivity contribution in [1.29, 1.82) is 0 Å². The average molecular weight is 286 g/mol. The number of ether oxygens (including phenoxy) is 1. The van der Waals surface area contributed by atoms with E-state index in [1.165, 1.54) is 30.2 Å². The highest BCUT2D eigenvalue weighted by molar-refractivity contribution is 5.77. The maximum atomic E-state index is 12.4. The zero-order valence-electron chi connectivity index (χ0n) is 13.7. The van der Waals surface area contributed by atoms with Crippen molar-refractivity contribution in [3.05, 3.63) is 34.9 Å². The molecule has 1 fully saturated rings. The molecular formula is C19H26O2. The quantitative estimate of drug-likeness (QED) is 0.724. The lowest BCUT2D eigenvalue weighted by Gasteiger charge is -2.54. The van der Waals surface area contributed by atoms with E-state index in [0.717, 1.165) is 25.7 Å². The summed E-state index contributed by atoms with van der Waals surface area (Å²) in [6.45, 7) is 6.65. The van der Waals surface area contributed by atoms with Gasteiger partial charge in [0.05, 0.1) is 12.5 Å². The number of methoxy groups -OCH3 is 1. The van der Waals surface area contributed by atoms with E-state index in [2.05, 4.69) is 39.0 Å². The number of hydrogen-bond acceptors (Lipinski definition) is 2. The second kappa shape index (κ2) is 4.86. The predicted molar refractivity (Wildman–Crippen MR) is 84.3 cm³/mol. The first-order valence-corrected chi connectivity index (χ1v) is 8.10. The Morgan fingerprint density at radius 3 is 2.76 bits per heavy atom. The Morgan fingerprint density at radius 2 is 2.05 bits per heavy atom. The predicted octanol–water partition coefficient (Wildman–Crippen LogP) is 4.18. The van der Waals surface area contributed by atoms with Gasteiger partial charge in [0, 0.05) is 0 Å². The Bertz CT molecular complexity index is 577. The first-order chi connectivity index (χ1) is 9.91. The van der Waals surface area contributed by atoms with Crippen LogP contribution in [0.25, 0.3) is 0 Å². The summed E-state index contributed by atoms with van der Waals surface area (Å²) in [6, 6.07) is 6.86. The fraction of sp³-hybridized carbons (Fsp3) is 0.632. The molecule has 3 rings (SSSR count). The van der Waals surface area contributed by atoms with Crippen molar-refractivity contribution in [2.45, 2.75) is 58.3 Å². The molecule has 21 heavy (non-hydrogen) atoms. The number of benzene rings is 1. The van der Waals surface area contributed by atoms with Gasteiger partial charge in [0.2, 0.25) is 0 Å². The van der Waals surface area contributed by atoms with Crippen molar-refractivity contribution in [3.8, 4) is 0 Å². The van der Waals surface area contributed by atoms with Gasteiger partial charge in [-0.3, -0.25) is 4.79 Å². The SMILES string of the molecule is COC(=O)[C@]1(C)CCC[C@]2(C)c3ccc(C)cc3CC[C@@H]12. The molecule has 2 aliphatic rings. The second-order valence-corrected chi connectivity index (χ2v) is 7.43. The fourth-order valence-corrected chi connectivity index (χ4v) is 5.10. The molecule has 2 aliphatic carbocycles. The Morgan fingerprint density at radius 1 is 1.29 bits per heavy atom. The maximum Gasteiger partial charge on any atom is 0.311 e. The summed E-state index contributed by atoms with van der Waals surface area (Å²) in [6.07, 6.45) is 5.43. The van der Waals surface area contributed by atoms with E-state index in [9.17, 15) is 4.79 Å². The number of rotatable bonds is 1.